The van der Waals surface area contributed by atoms with E-state index >= 15 is 0 Å². The van der Waals surface area contributed by atoms with Crippen LogP contribution >= 0.6 is 15.9 Å². The maximum absolute atomic E-state index is 12.1. The number of primary amides is 1. The highest BCUT2D eigenvalue weighted by atomic mass is 79.9. The van der Waals surface area contributed by atoms with Gasteiger partial charge >= 0.3 is 0 Å². The van der Waals surface area contributed by atoms with Crippen molar-refractivity contribution in [3.8, 4) is 0 Å². The van der Waals surface area contributed by atoms with Crippen LogP contribution in [-0.4, -0.2) is 22.8 Å². The molecule has 0 radical (unpaired) electrons. The number of nitrogens with one attached hydrogen (secondary N) is 1. The average Bonchev–Trinajstić information content (AvgIpc) is 2.55. The molecule has 1 atom stereocenters. The topological polar surface area (TPSA) is 85.1 Å². The van der Waals surface area contributed by atoms with Crippen LogP contribution in [0, 0.1) is 0 Å². The Morgan fingerprint density at radius 1 is 1.17 bits per heavy atom. The lowest BCUT2D eigenvalue weighted by Gasteiger charge is -2.16. The van der Waals surface area contributed by atoms with E-state index in [1.54, 1.807) is 12.3 Å². The number of aromatic nitrogens is 1. The molecule has 120 valence electrons. The summed E-state index contributed by atoms with van der Waals surface area (Å²) in [7, 11) is 0. The molecule has 2 rings (SSSR count). The summed E-state index contributed by atoms with van der Waals surface area (Å²) in [6.07, 6.45) is 2.88. The number of aryl methyl sites for hydroxylation is 1. The highest BCUT2D eigenvalue weighted by Gasteiger charge is 2.19. The number of carbonyl (C=O) groups is 2. The molecule has 0 saturated heterocycles. The highest BCUT2D eigenvalue weighted by Crippen LogP contribution is 2.14. The molecule has 1 aromatic heterocycles. The van der Waals surface area contributed by atoms with Gasteiger partial charge in [0.1, 0.15) is 10.6 Å². The molecule has 23 heavy (non-hydrogen) atoms. The van der Waals surface area contributed by atoms with E-state index < -0.39 is 11.9 Å². The van der Waals surface area contributed by atoms with Crippen molar-refractivity contribution in [1.29, 1.82) is 0 Å². The van der Waals surface area contributed by atoms with Crippen LogP contribution in [-0.2, 0) is 22.4 Å². The first kappa shape index (κ1) is 17.1. The fraction of sp³-hybridized carbons (Fsp3) is 0.235. The molecule has 1 aromatic carbocycles. The smallest absolute Gasteiger partial charge is 0.240 e. The minimum atomic E-state index is -0.751. The number of hydrogen-bond acceptors (Lipinski definition) is 3. The molecular formula is C17H18BrN3O2. The molecular weight excluding hydrogens is 358 g/mol. The molecule has 0 unspecified atom stereocenters. The van der Waals surface area contributed by atoms with Gasteiger partial charge in [0.2, 0.25) is 11.8 Å². The Balaban J connectivity index is 1.92. The molecule has 0 aliphatic rings. The second-order valence-electron chi connectivity index (χ2n) is 5.17. The van der Waals surface area contributed by atoms with Crippen LogP contribution in [0.15, 0.2) is 53.3 Å². The van der Waals surface area contributed by atoms with Crippen LogP contribution in [0.4, 0.5) is 0 Å². The number of carbonyl (C=O) groups excluding carboxylic acids is 2. The number of amides is 2. The first-order valence-corrected chi connectivity index (χ1v) is 8.07. The van der Waals surface area contributed by atoms with Gasteiger partial charge < -0.3 is 11.1 Å². The van der Waals surface area contributed by atoms with Gasteiger partial charge in [0.05, 0.1) is 0 Å². The van der Waals surface area contributed by atoms with Crippen molar-refractivity contribution < 1.29 is 9.59 Å². The summed E-state index contributed by atoms with van der Waals surface area (Å²) in [4.78, 5) is 27.8. The van der Waals surface area contributed by atoms with Gasteiger partial charge in [0, 0.05) is 19.0 Å². The fourth-order valence-corrected chi connectivity index (χ4v) is 2.60. The number of benzene rings is 1. The minimum Gasteiger partial charge on any atom is -0.368 e. The Bertz CT molecular complexity index is 677. The van der Waals surface area contributed by atoms with Crippen molar-refractivity contribution in [3.05, 3.63) is 64.4 Å². The number of nitrogens with zero attached hydrogens (tertiary/aromatic N) is 1. The Labute approximate surface area is 143 Å². The first-order valence-electron chi connectivity index (χ1n) is 7.28. The Morgan fingerprint density at radius 2 is 1.91 bits per heavy atom. The van der Waals surface area contributed by atoms with Crippen LogP contribution in [0.2, 0.25) is 0 Å². The monoisotopic (exact) mass is 375 g/mol. The molecule has 0 aliphatic heterocycles. The lowest BCUT2D eigenvalue weighted by Crippen LogP contribution is -2.46. The minimum absolute atomic E-state index is 0.197. The van der Waals surface area contributed by atoms with Crippen LogP contribution in [0.25, 0.3) is 0 Å². The van der Waals surface area contributed by atoms with Gasteiger partial charge in [-0.05, 0) is 39.5 Å². The van der Waals surface area contributed by atoms with Crippen LogP contribution in [0.3, 0.4) is 0 Å². The van der Waals surface area contributed by atoms with Gasteiger partial charge in [-0.1, -0.05) is 36.4 Å². The standard InChI is InChI=1S/C17H18BrN3O2/c18-16-13(7-4-10-20-16)11-14(17(19)23)21-15(22)9-8-12-5-2-1-3-6-12/h1-7,10,14H,8-9,11H2,(H2,19,23)(H,21,22)/t14-/m1/s1. The Kier molecular flexibility index (Phi) is 6.29. The lowest BCUT2D eigenvalue weighted by molar-refractivity contribution is -0.127. The molecule has 2 amide bonds. The first-order chi connectivity index (χ1) is 11.1. The molecule has 0 bridgehead atoms. The van der Waals surface area contributed by atoms with Crippen molar-refractivity contribution in [2.75, 3.05) is 0 Å². The van der Waals surface area contributed by atoms with Gasteiger partial charge in [-0.2, -0.15) is 0 Å². The summed E-state index contributed by atoms with van der Waals surface area (Å²) in [5.41, 5.74) is 7.30. The predicted octanol–water partition coefficient (Wildman–Crippen LogP) is 1.99. The molecule has 3 N–H and O–H groups in total. The van der Waals surface area contributed by atoms with Crippen LogP contribution < -0.4 is 11.1 Å². The largest absolute Gasteiger partial charge is 0.368 e. The van der Waals surface area contributed by atoms with Gasteiger partial charge in [-0.3, -0.25) is 9.59 Å². The third-order valence-corrected chi connectivity index (χ3v) is 4.14. The molecule has 0 spiro atoms. The molecule has 5 nitrogen and oxygen atoms in total. The van der Waals surface area contributed by atoms with Crippen molar-refractivity contribution in [1.82, 2.24) is 10.3 Å². The second-order valence-corrected chi connectivity index (χ2v) is 5.92. The molecule has 0 aliphatic carbocycles. The van der Waals surface area contributed by atoms with Gasteiger partial charge in [0.25, 0.3) is 0 Å². The average molecular weight is 376 g/mol. The SMILES string of the molecule is NC(=O)[C@@H](Cc1cccnc1Br)NC(=O)CCc1ccccc1. The van der Waals surface area contributed by atoms with Crippen LogP contribution in [0.5, 0.6) is 0 Å². The predicted molar refractivity (Wildman–Crippen MR) is 91.5 cm³/mol. The summed E-state index contributed by atoms with van der Waals surface area (Å²) >= 11 is 3.33. The number of halogens is 1. The van der Waals surface area contributed by atoms with Crippen molar-refractivity contribution in [2.45, 2.75) is 25.3 Å². The summed E-state index contributed by atoms with van der Waals surface area (Å²) < 4.78 is 0.643. The summed E-state index contributed by atoms with van der Waals surface area (Å²) in [6.45, 7) is 0. The van der Waals surface area contributed by atoms with Crippen molar-refractivity contribution >= 4 is 27.7 Å². The molecule has 0 saturated carbocycles. The highest BCUT2D eigenvalue weighted by molar-refractivity contribution is 9.10. The summed E-state index contributed by atoms with van der Waals surface area (Å²) in [5.74, 6) is -0.758. The molecule has 1 heterocycles. The van der Waals surface area contributed by atoms with Crippen molar-refractivity contribution in [2.24, 2.45) is 5.73 Å². The zero-order chi connectivity index (χ0) is 16.7. The van der Waals surface area contributed by atoms with Crippen LogP contribution in [0.1, 0.15) is 17.5 Å². The number of rotatable bonds is 7. The van der Waals surface area contributed by atoms with E-state index in [2.05, 4.69) is 26.2 Å². The number of hydrogen-bond donors (Lipinski definition) is 2. The normalized spacial score (nSPS) is 11.7. The van der Waals surface area contributed by atoms with E-state index in [-0.39, 0.29) is 5.91 Å². The lowest BCUT2D eigenvalue weighted by atomic mass is 10.1. The number of pyridine rings is 1. The van der Waals surface area contributed by atoms with E-state index in [4.69, 9.17) is 5.73 Å². The van der Waals surface area contributed by atoms with E-state index in [0.29, 0.717) is 23.9 Å². The van der Waals surface area contributed by atoms with Gasteiger partial charge in [-0.25, -0.2) is 4.98 Å². The van der Waals surface area contributed by atoms with Gasteiger partial charge in [-0.15, -0.1) is 0 Å². The maximum Gasteiger partial charge on any atom is 0.240 e. The zero-order valence-electron chi connectivity index (χ0n) is 12.5. The Morgan fingerprint density at radius 3 is 2.57 bits per heavy atom. The summed E-state index contributed by atoms with van der Waals surface area (Å²) in [6, 6.07) is 12.6. The molecule has 2 aromatic rings. The third kappa shape index (κ3) is 5.49. The van der Waals surface area contributed by atoms with E-state index in [0.717, 1.165) is 11.1 Å². The van der Waals surface area contributed by atoms with E-state index in [9.17, 15) is 9.59 Å². The Hall–Kier alpha value is -2.21. The quantitative estimate of drug-likeness (QED) is 0.725. The van der Waals surface area contributed by atoms with Gasteiger partial charge in [0.15, 0.2) is 0 Å². The third-order valence-electron chi connectivity index (χ3n) is 3.42. The van der Waals surface area contributed by atoms with Crippen molar-refractivity contribution in [3.63, 3.8) is 0 Å². The second kappa shape index (κ2) is 8.43. The van der Waals surface area contributed by atoms with E-state index in [1.165, 1.54) is 0 Å². The molecule has 0 fully saturated rings. The molecule has 6 heteroatoms. The fourth-order valence-electron chi connectivity index (χ4n) is 2.18. The number of nitrogens with two attached hydrogens (primary N) is 1. The summed E-state index contributed by atoms with van der Waals surface area (Å²) in [5, 5.41) is 2.70. The zero-order valence-corrected chi connectivity index (χ0v) is 14.1. The maximum atomic E-state index is 12.1. The van der Waals surface area contributed by atoms with E-state index in [1.807, 2.05) is 36.4 Å².